The van der Waals surface area contributed by atoms with Crippen molar-refractivity contribution in [2.45, 2.75) is 39.5 Å². The predicted octanol–water partition coefficient (Wildman–Crippen LogP) is 3.36. The van der Waals surface area contributed by atoms with Crippen molar-refractivity contribution >= 4 is 22.3 Å². The highest BCUT2D eigenvalue weighted by Crippen LogP contribution is 2.27. The molecule has 94 valence electrons. The molecule has 0 N–H and O–H groups in total. The lowest BCUT2D eigenvalue weighted by Crippen LogP contribution is -2.23. The lowest BCUT2D eigenvalue weighted by atomic mass is 9.98. The summed E-state index contributed by atoms with van der Waals surface area (Å²) in [6, 6.07) is 0. The molecule has 0 radical (unpaired) electrons. The highest BCUT2D eigenvalue weighted by atomic mass is 32.1. The van der Waals surface area contributed by atoms with Gasteiger partial charge in [0.05, 0.1) is 11.1 Å². The Morgan fingerprint density at radius 2 is 2.35 bits per heavy atom. The van der Waals surface area contributed by atoms with Crippen LogP contribution in [0.5, 0.6) is 0 Å². The molecule has 0 aliphatic carbocycles. The van der Waals surface area contributed by atoms with E-state index in [0.717, 1.165) is 29.0 Å². The van der Waals surface area contributed by atoms with Gasteiger partial charge in [0, 0.05) is 20.0 Å². The van der Waals surface area contributed by atoms with E-state index in [4.69, 9.17) is 0 Å². The monoisotopic (exact) mass is 252 g/mol. The molecule has 1 saturated heterocycles. The van der Waals surface area contributed by atoms with Gasteiger partial charge in [-0.25, -0.2) is 4.98 Å². The summed E-state index contributed by atoms with van der Waals surface area (Å²) in [5, 5.41) is 1.02. The van der Waals surface area contributed by atoms with Crippen molar-refractivity contribution in [1.82, 2.24) is 4.98 Å². The van der Waals surface area contributed by atoms with E-state index in [1.54, 1.807) is 13.1 Å². The second-order valence-corrected chi connectivity index (χ2v) is 5.76. The number of thiazole rings is 1. The average Bonchev–Trinajstić information content (AvgIpc) is 2.68. The van der Waals surface area contributed by atoms with Crippen LogP contribution in [0.1, 0.15) is 49.2 Å². The summed E-state index contributed by atoms with van der Waals surface area (Å²) >= 11 is 1.53. The fraction of sp³-hybridized carbons (Fsp3) is 0.692. The van der Waals surface area contributed by atoms with E-state index in [1.807, 2.05) is 0 Å². The SMILES string of the molecule is CCC1CCCN(c2ncc(C(C)=O)s2)CC1. The fourth-order valence-electron chi connectivity index (χ4n) is 2.34. The molecule has 2 rings (SSSR count). The molecule has 1 aliphatic heterocycles. The molecule has 1 aromatic heterocycles. The van der Waals surface area contributed by atoms with Gasteiger partial charge in [-0.3, -0.25) is 4.79 Å². The number of aromatic nitrogens is 1. The zero-order valence-corrected chi connectivity index (χ0v) is 11.4. The molecule has 3 nitrogen and oxygen atoms in total. The maximum atomic E-state index is 11.3. The maximum absolute atomic E-state index is 11.3. The first-order valence-corrected chi connectivity index (χ1v) is 7.24. The van der Waals surface area contributed by atoms with Crippen LogP contribution >= 0.6 is 11.3 Å². The smallest absolute Gasteiger partial charge is 0.185 e. The number of anilines is 1. The van der Waals surface area contributed by atoms with Crippen LogP contribution < -0.4 is 4.90 Å². The van der Waals surface area contributed by atoms with Gasteiger partial charge < -0.3 is 4.90 Å². The summed E-state index contributed by atoms with van der Waals surface area (Å²) in [6.07, 6.45) is 6.83. The minimum Gasteiger partial charge on any atom is -0.348 e. The predicted molar refractivity (Wildman–Crippen MR) is 72.0 cm³/mol. The molecule has 1 aromatic rings. The summed E-state index contributed by atoms with van der Waals surface area (Å²) in [7, 11) is 0. The van der Waals surface area contributed by atoms with Crippen LogP contribution in [0.2, 0.25) is 0 Å². The van der Waals surface area contributed by atoms with Gasteiger partial charge in [-0.05, 0) is 25.2 Å². The van der Waals surface area contributed by atoms with E-state index < -0.39 is 0 Å². The number of hydrogen-bond donors (Lipinski definition) is 0. The number of hydrogen-bond acceptors (Lipinski definition) is 4. The Morgan fingerprint density at radius 3 is 3.00 bits per heavy atom. The lowest BCUT2D eigenvalue weighted by molar-refractivity contribution is 0.102. The van der Waals surface area contributed by atoms with Crippen molar-refractivity contribution in [1.29, 1.82) is 0 Å². The Labute approximate surface area is 107 Å². The Morgan fingerprint density at radius 1 is 1.53 bits per heavy atom. The van der Waals surface area contributed by atoms with Crippen molar-refractivity contribution in [3.63, 3.8) is 0 Å². The third-order valence-electron chi connectivity index (χ3n) is 3.54. The number of Topliss-reactive ketones (excluding diaryl/α,β-unsaturated/α-hetero) is 1. The molecule has 1 aliphatic rings. The molecule has 4 heteroatoms. The Balaban J connectivity index is 2.03. The van der Waals surface area contributed by atoms with Crippen LogP contribution in [0.4, 0.5) is 5.13 Å². The van der Waals surface area contributed by atoms with Gasteiger partial charge in [-0.1, -0.05) is 24.7 Å². The van der Waals surface area contributed by atoms with E-state index in [2.05, 4.69) is 16.8 Å². The minimum absolute atomic E-state index is 0.120. The summed E-state index contributed by atoms with van der Waals surface area (Å²) in [6.45, 7) is 6.05. The van der Waals surface area contributed by atoms with Crippen LogP contribution in [0.3, 0.4) is 0 Å². The average molecular weight is 252 g/mol. The number of ketones is 1. The summed E-state index contributed by atoms with van der Waals surface area (Å²) in [5.41, 5.74) is 0. The Kier molecular flexibility index (Phi) is 4.15. The van der Waals surface area contributed by atoms with Gasteiger partial charge in [0.15, 0.2) is 10.9 Å². The van der Waals surface area contributed by atoms with E-state index in [0.29, 0.717) is 0 Å². The molecule has 1 atom stereocenters. The minimum atomic E-state index is 0.120. The van der Waals surface area contributed by atoms with E-state index >= 15 is 0 Å². The van der Waals surface area contributed by atoms with E-state index in [9.17, 15) is 4.79 Å². The topological polar surface area (TPSA) is 33.2 Å². The zero-order chi connectivity index (χ0) is 12.3. The normalized spacial score (nSPS) is 21.3. The lowest BCUT2D eigenvalue weighted by Gasteiger charge is -2.19. The van der Waals surface area contributed by atoms with Crippen molar-refractivity contribution < 1.29 is 4.79 Å². The second kappa shape index (κ2) is 5.63. The molecule has 2 heterocycles. The van der Waals surface area contributed by atoms with Crippen molar-refractivity contribution in [2.24, 2.45) is 5.92 Å². The number of carbonyl (C=O) groups excluding carboxylic acids is 1. The standard InChI is InChI=1S/C13H20N2OS/c1-3-11-5-4-7-15(8-6-11)13-14-9-12(17-13)10(2)16/h9,11H,3-8H2,1-2H3. The summed E-state index contributed by atoms with van der Waals surface area (Å²) in [4.78, 5) is 18.8. The zero-order valence-electron chi connectivity index (χ0n) is 10.6. The third-order valence-corrected chi connectivity index (χ3v) is 4.69. The largest absolute Gasteiger partial charge is 0.348 e. The van der Waals surface area contributed by atoms with Crippen LogP contribution in [-0.4, -0.2) is 23.9 Å². The molecule has 0 spiro atoms. The maximum Gasteiger partial charge on any atom is 0.185 e. The number of carbonyl (C=O) groups is 1. The molecular weight excluding hydrogens is 232 g/mol. The van der Waals surface area contributed by atoms with Crippen molar-refractivity contribution in [2.75, 3.05) is 18.0 Å². The highest BCUT2D eigenvalue weighted by molar-refractivity contribution is 7.17. The summed E-state index contributed by atoms with van der Waals surface area (Å²) in [5.74, 6) is 0.988. The fourth-order valence-corrected chi connectivity index (χ4v) is 3.20. The molecule has 17 heavy (non-hydrogen) atoms. The second-order valence-electron chi connectivity index (χ2n) is 4.76. The Bertz CT molecular complexity index is 389. The number of rotatable bonds is 3. The first-order valence-electron chi connectivity index (χ1n) is 6.42. The van der Waals surface area contributed by atoms with Gasteiger partial charge in [-0.15, -0.1) is 0 Å². The van der Waals surface area contributed by atoms with Crippen LogP contribution in [0, 0.1) is 5.92 Å². The molecular formula is C13H20N2OS. The molecule has 0 bridgehead atoms. The number of nitrogens with zero attached hydrogens (tertiary/aromatic N) is 2. The van der Waals surface area contributed by atoms with Gasteiger partial charge >= 0.3 is 0 Å². The van der Waals surface area contributed by atoms with Crippen LogP contribution in [-0.2, 0) is 0 Å². The first-order chi connectivity index (χ1) is 8.20. The van der Waals surface area contributed by atoms with E-state index in [-0.39, 0.29) is 5.78 Å². The molecule has 0 aromatic carbocycles. The molecule has 1 fully saturated rings. The molecule has 0 amide bonds. The van der Waals surface area contributed by atoms with Crippen molar-refractivity contribution in [3.8, 4) is 0 Å². The van der Waals surface area contributed by atoms with Crippen LogP contribution in [0.25, 0.3) is 0 Å². The van der Waals surface area contributed by atoms with Gasteiger partial charge in [-0.2, -0.15) is 0 Å². The van der Waals surface area contributed by atoms with Gasteiger partial charge in [0.25, 0.3) is 0 Å². The van der Waals surface area contributed by atoms with Crippen molar-refractivity contribution in [3.05, 3.63) is 11.1 Å². The highest BCUT2D eigenvalue weighted by Gasteiger charge is 2.18. The first kappa shape index (κ1) is 12.6. The molecule has 0 saturated carbocycles. The van der Waals surface area contributed by atoms with E-state index in [1.165, 1.54) is 37.0 Å². The third kappa shape index (κ3) is 3.06. The van der Waals surface area contributed by atoms with Gasteiger partial charge in [0.2, 0.25) is 0 Å². The summed E-state index contributed by atoms with van der Waals surface area (Å²) < 4.78 is 0. The van der Waals surface area contributed by atoms with Gasteiger partial charge in [0.1, 0.15) is 0 Å². The van der Waals surface area contributed by atoms with Crippen LogP contribution in [0.15, 0.2) is 6.20 Å². The molecule has 1 unspecified atom stereocenters. The Hall–Kier alpha value is -0.900. The quantitative estimate of drug-likeness (QED) is 0.773.